The van der Waals surface area contributed by atoms with E-state index in [-0.39, 0.29) is 53.4 Å². The number of rotatable bonds is 5. The van der Waals surface area contributed by atoms with E-state index in [2.05, 4.69) is 4.98 Å². The van der Waals surface area contributed by atoms with Crippen molar-refractivity contribution < 1.29 is 26.4 Å². The Morgan fingerprint density at radius 3 is 2.29 bits per heavy atom. The third-order valence-electron chi connectivity index (χ3n) is 5.58. The van der Waals surface area contributed by atoms with E-state index in [9.17, 15) is 17.6 Å². The number of anilines is 1. The topological polar surface area (TPSA) is 96.9 Å². The fourth-order valence-corrected chi connectivity index (χ4v) is 5.15. The maximum atomic E-state index is 14.1. The highest BCUT2D eigenvalue weighted by atomic mass is 32.2. The smallest absolute Gasteiger partial charge is 0.266 e. The summed E-state index contributed by atoms with van der Waals surface area (Å²) < 4.78 is 52.1. The fraction of sp³-hybridized carbons (Fsp3) is 0.167. The van der Waals surface area contributed by atoms with Gasteiger partial charge >= 0.3 is 0 Å². The predicted octanol–water partition coefficient (Wildman–Crippen LogP) is 3.87. The molecule has 1 amide bonds. The third kappa shape index (κ3) is 3.96. The number of furan rings is 1. The predicted molar refractivity (Wildman–Crippen MR) is 121 cm³/mol. The Morgan fingerprint density at radius 2 is 1.62 bits per heavy atom. The van der Waals surface area contributed by atoms with Gasteiger partial charge < -0.3 is 18.6 Å². The molecule has 8 nitrogen and oxygen atoms in total. The van der Waals surface area contributed by atoms with Crippen molar-refractivity contribution >= 4 is 21.6 Å². The van der Waals surface area contributed by atoms with Crippen LogP contribution in [0.25, 0.3) is 11.7 Å². The lowest BCUT2D eigenvalue weighted by Crippen LogP contribution is -2.49. The van der Waals surface area contributed by atoms with Crippen LogP contribution in [0.1, 0.15) is 10.4 Å². The summed E-state index contributed by atoms with van der Waals surface area (Å²) in [6.45, 7) is 1.08. The number of amides is 1. The lowest BCUT2D eigenvalue weighted by molar-refractivity contribution is 0.0740. The molecule has 1 saturated heterocycles. The average Bonchev–Trinajstić information content (AvgIpc) is 3.55. The molecule has 1 aliphatic rings. The molecular weight excluding hydrogens is 461 g/mol. The summed E-state index contributed by atoms with van der Waals surface area (Å²) in [7, 11) is -3.99. The van der Waals surface area contributed by atoms with Gasteiger partial charge in [0.2, 0.25) is 20.7 Å². The normalized spacial score (nSPS) is 14.4. The maximum Gasteiger partial charge on any atom is 0.266 e. The summed E-state index contributed by atoms with van der Waals surface area (Å²) in [4.78, 5) is 20.4. The first-order chi connectivity index (χ1) is 16.4. The summed E-state index contributed by atoms with van der Waals surface area (Å²) in [6.07, 6.45) is 1.44. The molecule has 0 aliphatic carbocycles. The number of aromatic nitrogens is 1. The first-order valence-electron chi connectivity index (χ1n) is 10.6. The molecule has 4 aromatic rings. The van der Waals surface area contributed by atoms with E-state index in [1.165, 1.54) is 41.5 Å². The Kier molecular flexibility index (Phi) is 5.66. The van der Waals surface area contributed by atoms with Gasteiger partial charge in [0.25, 0.3) is 11.8 Å². The largest absolute Gasteiger partial charge is 0.459 e. The van der Waals surface area contributed by atoms with Crippen LogP contribution in [0.15, 0.2) is 91.7 Å². The summed E-state index contributed by atoms with van der Waals surface area (Å²) in [6, 6.07) is 17.1. The minimum atomic E-state index is -3.99. The van der Waals surface area contributed by atoms with E-state index in [0.29, 0.717) is 5.76 Å². The second kappa shape index (κ2) is 8.79. The van der Waals surface area contributed by atoms with Crippen LogP contribution in [0.3, 0.4) is 0 Å². The number of hydrogen-bond donors (Lipinski definition) is 0. The summed E-state index contributed by atoms with van der Waals surface area (Å²) in [5.74, 6) is -0.579. The van der Waals surface area contributed by atoms with Gasteiger partial charge in [-0.2, -0.15) is 4.98 Å². The van der Waals surface area contributed by atoms with Crippen LogP contribution >= 0.6 is 0 Å². The first kappa shape index (κ1) is 21.9. The van der Waals surface area contributed by atoms with Gasteiger partial charge in [-0.3, -0.25) is 4.79 Å². The highest BCUT2D eigenvalue weighted by molar-refractivity contribution is 7.91. The van der Waals surface area contributed by atoms with Crippen LogP contribution in [0.5, 0.6) is 0 Å². The van der Waals surface area contributed by atoms with Gasteiger partial charge in [-0.05, 0) is 36.4 Å². The highest BCUT2D eigenvalue weighted by Crippen LogP contribution is 2.35. The van der Waals surface area contributed by atoms with Gasteiger partial charge in [0.15, 0.2) is 5.76 Å². The number of piperazine rings is 1. The number of oxazole rings is 1. The molecule has 0 N–H and O–H groups in total. The van der Waals surface area contributed by atoms with E-state index in [1.807, 2.05) is 0 Å². The Balaban J connectivity index is 1.45. The van der Waals surface area contributed by atoms with E-state index < -0.39 is 21.6 Å². The number of hydrogen-bond acceptors (Lipinski definition) is 7. The number of sulfone groups is 1. The molecule has 0 bridgehead atoms. The van der Waals surface area contributed by atoms with Gasteiger partial charge in [0.05, 0.1) is 16.7 Å². The Hall–Kier alpha value is -3.92. The van der Waals surface area contributed by atoms with Crippen molar-refractivity contribution in [1.29, 1.82) is 0 Å². The van der Waals surface area contributed by atoms with E-state index in [4.69, 9.17) is 8.83 Å². The lowest BCUT2D eigenvalue weighted by Gasteiger charge is -2.34. The summed E-state index contributed by atoms with van der Waals surface area (Å²) >= 11 is 0. The van der Waals surface area contributed by atoms with Gasteiger partial charge in [-0.1, -0.05) is 30.3 Å². The SMILES string of the molecule is O=C(c1ccccc1F)N1CCN(c2oc(-c3ccco3)nc2S(=O)(=O)c2ccccc2)CC1. The molecular formula is C24H20FN3O5S. The van der Waals surface area contributed by atoms with E-state index in [1.54, 1.807) is 41.3 Å². The zero-order valence-electron chi connectivity index (χ0n) is 17.9. The average molecular weight is 482 g/mol. The minimum Gasteiger partial charge on any atom is -0.459 e. The van der Waals surface area contributed by atoms with E-state index >= 15 is 0 Å². The van der Waals surface area contributed by atoms with Crippen LogP contribution in [0.2, 0.25) is 0 Å². The molecule has 2 aromatic carbocycles. The first-order valence-corrected chi connectivity index (χ1v) is 12.1. The Morgan fingerprint density at radius 1 is 0.912 bits per heavy atom. The van der Waals surface area contributed by atoms with Crippen molar-refractivity contribution in [3.05, 3.63) is 84.4 Å². The molecule has 0 saturated carbocycles. The zero-order chi connectivity index (χ0) is 23.7. The quantitative estimate of drug-likeness (QED) is 0.427. The molecule has 0 radical (unpaired) electrons. The molecule has 174 valence electrons. The molecule has 2 aromatic heterocycles. The van der Waals surface area contributed by atoms with Crippen molar-refractivity contribution in [2.24, 2.45) is 0 Å². The van der Waals surface area contributed by atoms with Crippen molar-refractivity contribution in [3.63, 3.8) is 0 Å². The maximum absolute atomic E-state index is 14.1. The second-order valence-corrected chi connectivity index (χ2v) is 9.55. The lowest BCUT2D eigenvalue weighted by atomic mass is 10.1. The van der Waals surface area contributed by atoms with E-state index in [0.717, 1.165) is 0 Å². The van der Waals surface area contributed by atoms with Crippen LogP contribution in [-0.2, 0) is 9.84 Å². The molecule has 1 aliphatic heterocycles. The third-order valence-corrected chi connectivity index (χ3v) is 7.25. The molecule has 34 heavy (non-hydrogen) atoms. The molecule has 0 spiro atoms. The number of carbonyl (C=O) groups is 1. The van der Waals surface area contributed by atoms with Gasteiger partial charge in [-0.15, -0.1) is 0 Å². The van der Waals surface area contributed by atoms with Crippen molar-refractivity contribution in [2.75, 3.05) is 31.1 Å². The molecule has 1 fully saturated rings. The van der Waals surface area contributed by atoms with Crippen LogP contribution in [0.4, 0.5) is 10.3 Å². The highest BCUT2D eigenvalue weighted by Gasteiger charge is 2.34. The van der Waals surface area contributed by atoms with Crippen molar-refractivity contribution in [2.45, 2.75) is 9.92 Å². The van der Waals surface area contributed by atoms with Crippen molar-refractivity contribution in [3.8, 4) is 11.7 Å². The number of halogens is 1. The number of benzene rings is 2. The number of nitrogens with zero attached hydrogens (tertiary/aromatic N) is 3. The monoisotopic (exact) mass is 481 g/mol. The standard InChI is InChI=1S/C24H20FN3O5S/c25-19-10-5-4-9-18(19)23(29)27-12-14-28(15-13-27)24-22(26-21(33-24)20-11-6-16-32-20)34(30,31)17-7-2-1-3-8-17/h1-11,16H,12-15H2. The molecule has 3 heterocycles. The molecule has 0 atom stereocenters. The number of carbonyl (C=O) groups excluding carboxylic acids is 1. The molecule has 5 rings (SSSR count). The Labute approximate surface area is 195 Å². The van der Waals surface area contributed by atoms with Crippen molar-refractivity contribution in [1.82, 2.24) is 9.88 Å². The molecule has 10 heteroatoms. The van der Waals surface area contributed by atoms with Gasteiger partial charge in [-0.25, -0.2) is 12.8 Å². The summed E-state index contributed by atoms with van der Waals surface area (Å²) in [5.41, 5.74) is 0.00284. The van der Waals surface area contributed by atoms with Gasteiger partial charge in [0, 0.05) is 26.2 Å². The van der Waals surface area contributed by atoms with Crippen LogP contribution in [-0.4, -0.2) is 50.4 Å². The molecule has 0 unspecified atom stereocenters. The van der Waals surface area contributed by atoms with Crippen LogP contribution < -0.4 is 4.90 Å². The fourth-order valence-electron chi connectivity index (χ4n) is 3.81. The summed E-state index contributed by atoms with van der Waals surface area (Å²) in [5, 5.41) is -0.223. The Bertz CT molecular complexity index is 1410. The van der Waals surface area contributed by atoms with Gasteiger partial charge in [0.1, 0.15) is 5.82 Å². The minimum absolute atomic E-state index is 0.00284. The zero-order valence-corrected chi connectivity index (χ0v) is 18.7. The second-order valence-electron chi connectivity index (χ2n) is 7.68. The van der Waals surface area contributed by atoms with Crippen LogP contribution in [0, 0.1) is 5.82 Å².